The molecule has 0 aromatic rings. The van der Waals surface area contributed by atoms with Crippen LogP contribution in [0.1, 0.15) is 71.1 Å². The zero-order chi connectivity index (χ0) is 18.2. The monoisotopic (exact) mass is 346 g/mol. The number of hydrogen-bond donors (Lipinski definition) is 2. The first-order valence-corrected chi connectivity index (χ1v) is 8.67. The van der Waals surface area contributed by atoms with E-state index in [0.717, 1.165) is 19.3 Å². The molecule has 0 amide bonds. The minimum absolute atomic E-state index is 0.251. The molecule has 0 aromatic heterocycles. The second kappa shape index (κ2) is 14.9. The highest BCUT2D eigenvalue weighted by Gasteiger charge is 2.16. The molecule has 0 radical (unpaired) electrons. The summed E-state index contributed by atoms with van der Waals surface area (Å²) in [6, 6.07) is 0. The molecule has 0 aliphatic carbocycles. The highest BCUT2D eigenvalue weighted by molar-refractivity contribution is 5.76. The zero-order valence-corrected chi connectivity index (χ0v) is 14.5. The van der Waals surface area contributed by atoms with Gasteiger partial charge in [-0.2, -0.15) is 0 Å². The summed E-state index contributed by atoms with van der Waals surface area (Å²) in [7, 11) is 0. The van der Waals surface area contributed by atoms with E-state index in [1.807, 2.05) is 0 Å². The molecule has 24 heavy (non-hydrogen) atoms. The van der Waals surface area contributed by atoms with E-state index in [1.165, 1.54) is 25.7 Å². The molecule has 0 saturated heterocycles. The predicted molar refractivity (Wildman–Crippen MR) is 87.4 cm³/mol. The van der Waals surface area contributed by atoms with Gasteiger partial charge in [-0.3, -0.25) is 14.4 Å². The van der Waals surface area contributed by atoms with Crippen LogP contribution in [0.15, 0.2) is 0 Å². The Bertz CT molecular complexity index is 368. The lowest BCUT2D eigenvalue weighted by Crippen LogP contribution is -2.28. The molecule has 0 aliphatic rings. The fourth-order valence-corrected chi connectivity index (χ4v) is 2.06. The van der Waals surface area contributed by atoms with Crippen molar-refractivity contribution in [1.82, 2.24) is 0 Å². The Morgan fingerprint density at radius 2 is 1.50 bits per heavy atom. The third kappa shape index (κ3) is 14.0. The lowest BCUT2D eigenvalue weighted by atomic mass is 10.1. The number of aliphatic hydroxyl groups excluding tert-OH is 1. The maximum atomic E-state index is 11.7. The number of hydrogen-bond acceptors (Lipinski definition) is 6. The number of aliphatic carboxylic acids is 1. The Kier molecular flexibility index (Phi) is 13.9. The Hall–Kier alpha value is -1.63. The van der Waals surface area contributed by atoms with E-state index in [4.69, 9.17) is 19.7 Å². The molecular weight excluding hydrogens is 316 g/mol. The van der Waals surface area contributed by atoms with Crippen molar-refractivity contribution in [3.8, 4) is 0 Å². The summed E-state index contributed by atoms with van der Waals surface area (Å²) in [5.74, 6) is -2.21. The standard InChI is InChI=1S/C17H30O7/c1-2-3-4-5-6-7-8-9-17(22)24-14(12-18)13-23-16(21)11-10-15(19)20/h14,18H,2-13H2,1H3,(H,19,20). The van der Waals surface area contributed by atoms with E-state index in [-0.39, 0.29) is 25.9 Å². The van der Waals surface area contributed by atoms with Crippen LogP contribution in [0.3, 0.4) is 0 Å². The number of carboxylic acid groups (broad SMARTS) is 1. The first kappa shape index (κ1) is 22.4. The van der Waals surface area contributed by atoms with Crippen LogP contribution >= 0.6 is 0 Å². The molecule has 0 aliphatic heterocycles. The predicted octanol–water partition coefficient (Wildman–Crippen LogP) is 2.44. The molecule has 2 N–H and O–H groups in total. The van der Waals surface area contributed by atoms with Crippen molar-refractivity contribution in [3.05, 3.63) is 0 Å². The highest BCUT2D eigenvalue weighted by Crippen LogP contribution is 2.09. The molecule has 0 fully saturated rings. The van der Waals surface area contributed by atoms with Crippen molar-refractivity contribution in [1.29, 1.82) is 0 Å². The van der Waals surface area contributed by atoms with Gasteiger partial charge >= 0.3 is 17.9 Å². The smallest absolute Gasteiger partial charge is 0.306 e. The van der Waals surface area contributed by atoms with Crippen LogP contribution in [0.2, 0.25) is 0 Å². The maximum absolute atomic E-state index is 11.7. The number of aliphatic hydroxyl groups is 1. The van der Waals surface area contributed by atoms with Crippen molar-refractivity contribution in [2.24, 2.45) is 0 Å². The number of carbonyl (C=O) groups excluding carboxylic acids is 2. The Morgan fingerprint density at radius 1 is 0.875 bits per heavy atom. The minimum atomic E-state index is -1.09. The molecule has 7 heteroatoms. The van der Waals surface area contributed by atoms with Gasteiger partial charge in [0.1, 0.15) is 6.61 Å². The molecule has 0 spiro atoms. The van der Waals surface area contributed by atoms with Gasteiger partial charge in [-0.05, 0) is 6.42 Å². The van der Waals surface area contributed by atoms with E-state index in [2.05, 4.69) is 6.92 Å². The maximum Gasteiger partial charge on any atom is 0.306 e. The molecule has 140 valence electrons. The number of unbranched alkanes of at least 4 members (excludes halogenated alkanes) is 6. The average molecular weight is 346 g/mol. The van der Waals surface area contributed by atoms with Crippen molar-refractivity contribution in [3.63, 3.8) is 0 Å². The summed E-state index contributed by atoms with van der Waals surface area (Å²) < 4.78 is 9.83. The van der Waals surface area contributed by atoms with Gasteiger partial charge in [0.25, 0.3) is 0 Å². The summed E-state index contributed by atoms with van der Waals surface area (Å²) in [5, 5.41) is 17.6. The van der Waals surface area contributed by atoms with Crippen LogP contribution in [0.4, 0.5) is 0 Å². The Labute approximate surface area is 143 Å². The summed E-state index contributed by atoms with van der Waals surface area (Å²) >= 11 is 0. The van der Waals surface area contributed by atoms with Crippen LogP contribution in [-0.4, -0.2) is 47.4 Å². The third-order valence-corrected chi connectivity index (χ3v) is 3.46. The van der Waals surface area contributed by atoms with Gasteiger partial charge in [0.2, 0.25) is 0 Å². The summed E-state index contributed by atoms with van der Waals surface area (Å²) in [5.41, 5.74) is 0. The van der Waals surface area contributed by atoms with Crippen LogP contribution in [0, 0.1) is 0 Å². The minimum Gasteiger partial charge on any atom is -0.481 e. The second-order valence-electron chi connectivity index (χ2n) is 5.74. The molecule has 0 rings (SSSR count). The number of carboxylic acids is 1. The Balaban J connectivity index is 3.75. The van der Waals surface area contributed by atoms with Gasteiger partial charge in [0, 0.05) is 6.42 Å². The molecule has 0 heterocycles. The summed E-state index contributed by atoms with van der Waals surface area (Å²) in [4.78, 5) is 33.2. The highest BCUT2D eigenvalue weighted by atomic mass is 16.6. The van der Waals surface area contributed by atoms with Crippen LogP contribution in [0.25, 0.3) is 0 Å². The largest absolute Gasteiger partial charge is 0.481 e. The summed E-state index contributed by atoms with van der Waals surface area (Å²) in [6.07, 6.45) is 6.44. The van der Waals surface area contributed by atoms with Gasteiger partial charge in [0.15, 0.2) is 6.10 Å². The molecule has 0 bridgehead atoms. The molecule has 0 saturated carbocycles. The fraction of sp³-hybridized carbons (Fsp3) is 0.824. The molecule has 1 atom stereocenters. The van der Waals surface area contributed by atoms with Crippen molar-refractivity contribution in [2.75, 3.05) is 13.2 Å². The van der Waals surface area contributed by atoms with Gasteiger partial charge < -0.3 is 19.7 Å². The van der Waals surface area contributed by atoms with Crippen molar-refractivity contribution in [2.45, 2.75) is 77.2 Å². The number of ether oxygens (including phenoxy) is 2. The van der Waals surface area contributed by atoms with Crippen LogP contribution < -0.4 is 0 Å². The Morgan fingerprint density at radius 3 is 2.08 bits per heavy atom. The van der Waals surface area contributed by atoms with Gasteiger partial charge in [0.05, 0.1) is 19.4 Å². The fourth-order valence-electron chi connectivity index (χ4n) is 2.06. The number of esters is 2. The van der Waals surface area contributed by atoms with Gasteiger partial charge in [-0.1, -0.05) is 45.4 Å². The molecule has 1 unspecified atom stereocenters. The van der Waals surface area contributed by atoms with Gasteiger partial charge in [-0.15, -0.1) is 0 Å². The average Bonchev–Trinajstić information content (AvgIpc) is 2.55. The third-order valence-electron chi connectivity index (χ3n) is 3.46. The quantitative estimate of drug-likeness (QED) is 0.346. The SMILES string of the molecule is CCCCCCCCCC(=O)OC(CO)COC(=O)CCC(=O)O. The van der Waals surface area contributed by atoms with E-state index < -0.39 is 30.6 Å². The van der Waals surface area contributed by atoms with E-state index in [1.54, 1.807) is 0 Å². The molecular formula is C17H30O7. The lowest BCUT2D eigenvalue weighted by Gasteiger charge is -2.15. The van der Waals surface area contributed by atoms with Gasteiger partial charge in [-0.25, -0.2) is 0 Å². The zero-order valence-electron chi connectivity index (χ0n) is 14.5. The second-order valence-corrected chi connectivity index (χ2v) is 5.74. The first-order chi connectivity index (χ1) is 11.5. The van der Waals surface area contributed by atoms with Crippen molar-refractivity contribution >= 4 is 17.9 Å². The number of carbonyl (C=O) groups is 3. The normalized spacial score (nSPS) is 11.8. The summed E-state index contributed by atoms with van der Waals surface area (Å²) in [6.45, 7) is 1.45. The van der Waals surface area contributed by atoms with E-state index in [0.29, 0.717) is 0 Å². The molecule has 7 nitrogen and oxygen atoms in total. The topological polar surface area (TPSA) is 110 Å². The molecule has 0 aromatic carbocycles. The lowest BCUT2D eigenvalue weighted by molar-refractivity contribution is -0.162. The van der Waals surface area contributed by atoms with E-state index >= 15 is 0 Å². The van der Waals surface area contributed by atoms with Crippen LogP contribution in [-0.2, 0) is 23.9 Å². The number of rotatable bonds is 15. The first-order valence-electron chi connectivity index (χ1n) is 8.67. The van der Waals surface area contributed by atoms with Crippen LogP contribution in [0.5, 0.6) is 0 Å². The van der Waals surface area contributed by atoms with Crippen molar-refractivity contribution < 1.29 is 34.1 Å². The van der Waals surface area contributed by atoms with E-state index in [9.17, 15) is 14.4 Å².